The van der Waals surface area contributed by atoms with Crippen molar-refractivity contribution in [3.05, 3.63) is 87.4 Å². The molecule has 0 bridgehead atoms. The molecule has 10 heteroatoms. The first-order chi connectivity index (χ1) is 16.8. The number of methoxy groups -OCH3 is 1. The van der Waals surface area contributed by atoms with Gasteiger partial charge in [-0.15, -0.1) is 0 Å². The molecule has 178 valence electrons. The van der Waals surface area contributed by atoms with Gasteiger partial charge in [0, 0.05) is 11.6 Å². The van der Waals surface area contributed by atoms with Gasteiger partial charge in [0.15, 0.2) is 0 Å². The van der Waals surface area contributed by atoms with Gasteiger partial charge in [-0.05, 0) is 60.2 Å². The van der Waals surface area contributed by atoms with Gasteiger partial charge < -0.3 is 14.6 Å². The number of urea groups is 1. The average Bonchev–Trinajstić information content (AvgIpc) is 2.84. The third-order valence-electron chi connectivity index (χ3n) is 5.11. The van der Waals surface area contributed by atoms with Gasteiger partial charge in [0.25, 0.3) is 11.8 Å². The molecule has 0 unspecified atom stereocenters. The van der Waals surface area contributed by atoms with Crippen molar-refractivity contribution in [2.24, 2.45) is 0 Å². The summed E-state index contributed by atoms with van der Waals surface area (Å²) in [6.07, 6.45) is 1.33. The first-order valence-electron chi connectivity index (χ1n) is 10.2. The van der Waals surface area contributed by atoms with Crippen LogP contribution in [0.4, 0.5) is 10.5 Å². The fraction of sp³-hybridized carbons (Fsp3) is 0.0800. The van der Waals surface area contributed by atoms with E-state index in [1.165, 1.54) is 37.5 Å². The Bertz CT molecular complexity index is 1350. The zero-order valence-corrected chi connectivity index (χ0v) is 19.8. The van der Waals surface area contributed by atoms with Crippen molar-refractivity contribution in [3.8, 4) is 17.2 Å². The lowest BCUT2D eigenvalue weighted by Crippen LogP contribution is -2.54. The van der Waals surface area contributed by atoms with Crippen LogP contribution in [0, 0.1) is 0 Å². The van der Waals surface area contributed by atoms with Crippen LogP contribution in [-0.4, -0.2) is 30.1 Å². The number of nitrogens with one attached hydrogen (secondary N) is 1. The molecule has 0 saturated carbocycles. The molecule has 1 fully saturated rings. The van der Waals surface area contributed by atoms with Crippen LogP contribution in [0.5, 0.6) is 17.2 Å². The summed E-state index contributed by atoms with van der Waals surface area (Å²) in [5, 5.41) is 12.5. The third-order valence-corrected chi connectivity index (χ3v) is 5.85. The summed E-state index contributed by atoms with van der Waals surface area (Å²) < 4.78 is 11.2. The minimum Gasteiger partial charge on any atom is -0.508 e. The van der Waals surface area contributed by atoms with Gasteiger partial charge in [-0.3, -0.25) is 14.9 Å². The van der Waals surface area contributed by atoms with E-state index in [4.69, 9.17) is 32.7 Å². The Morgan fingerprint density at radius 1 is 0.971 bits per heavy atom. The molecule has 0 radical (unpaired) electrons. The molecule has 1 heterocycles. The van der Waals surface area contributed by atoms with Crippen molar-refractivity contribution in [2.75, 3.05) is 12.0 Å². The first-order valence-corrected chi connectivity index (χ1v) is 11.0. The Balaban J connectivity index is 1.68. The van der Waals surface area contributed by atoms with Gasteiger partial charge in [0.2, 0.25) is 0 Å². The molecule has 1 aliphatic rings. The number of benzene rings is 3. The van der Waals surface area contributed by atoms with Crippen molar-refractivity contribution in [1.29, 1.82) is 0 Å². The van der Waals surface area contributed by atoms with Crippen LogP contribution in [0.15, 0.2) is 66.2 Å². The van der Waals surface area contributed by atoms with Crippen LogP contribution in [0.2, 0.25) is 10.0 Å². The standard InChI is InChI=1S/C25H18Cl2N2O6/c1-34-18-8-3-15(22(12-18)35-13-14-2-9-20(26)21(27)10-14)11-19-23(31)28-25(33)29(24(19)32)16-4-6-17(30)7-5-16/h2-12,30H,13H2,1H3,(H,28,31,33)/b19-11+. The molecular weight excluding hydrogens is 495 g/mol. The summed E-state index contributed by atoms with van der Waals surface area (Å²) in [4.78, 5) is 38.9. The molecule has 0 aromatic heterocycles. The molecule has 35 heavy (non-hydrogen) atoms. The number of hydrogen-bond donors (Lipinski definition) is 2. The number of nitrogens with zero attached hydrogens (tertiary/aromatic N) is 1. The molecule has 0 aliphatic carbocycles. The molecule has 1 aliphatic heterocycles. The molecule has 2 N–H and O–H groups in total. The zero-order valence-electron chi connectivity index (χ0n) is 18.2. The van der Waals surface area contributed by atoms with E-state index < -0.39 is 17.8 Å². The Hall–Kier alpha value is -4.01. The summed E-state index contributed by atoms with van der Waals surface area (Å²) in [6, 6.07) is 14.5. The second-order valence-electron chi connectivity index (χ2n) is 7.42. The van der Waals surface area contributed by atoms with Crippen LogP contribution in [0.3, 0.4) is 0 Å². The highest BCUT2D eigenvalue weighted by Gasteiger charge is 2.37. The highest BCUT2D eigenvalue weighted by atomic mass is 35.5. The number of halogens is 2. The first kappa shape index (κ1) is 24.1. The topological polar surface area (TPSA) is 105 Å². The van der Waals surface area contributed by atoms with E-state index in [-0.39, 0.29) is 23.6 Å². The van der Waals surface area contributed by atoms with Crippen molar-refractivity contribution in [2.45, 2.75) is 6.61 Å². The minimum atomic E-state index is -0.895. The fourth-order valence-corrected chi connectivity index (χ4v) is 3.65. The number of phenolic OH excluding ortho intramolecular Hbond substituents is 1. The van der Waals surface area contributed by atoms with Gasteiger partial charge in [0.1, 0.15) is 29.4 Å². The summed E-state index contributed by atoms with van der Waals surface area (Å²) in [7, 11) is 1.50. The SMILES string of the molecule is COc1ccc(/C=C2\C(=O)NC(=O)N(c3ccc(O)cc3)C2=O)c(OCc2ccc(Cl)c(Cl)c2)c1. The Morgan fingerprint density at radius 2 is 1.71 bits per heavy atom. The normalized spacial score (nSPS) is 14.8. The predicted octanol–water partition coefficient (Wildman–Crippen LogP) is 4.95. The highest BCUT2D eigenvalue weighted by molar-refractivity contribution is 6.42. The number of carbonyl (C=O) groups is 3. The van der Waals surface area contributed by atoms with E-state index in [1.54, 1.807) is 36.4 Å². The number of anilines is 1. The van der Waals surface area contributed by atoms with Crippen LogP contribution in [0.1, 0.15) is 11.1 Å². The van der Waals surface area contributed by atoms with Crippen molar-refractivity contribution in [1.82, 2.24) is 5.32 Å². The van der Waals surface area contributed by atoms with E-state index in [0.717, 1.165) is 10.5 Å². The maximum absolute atomic E-state index is 13.1. The number of rotatable bonds is 6. The van der Waals surface area contributed by atoms with Crippen molar-refractivity contribution >= 4 is 52.8 Å². The lowest BCUT2D eigenvalue weighted by atomic mass is 10.1. The summed E-state index contributed by atoms with van der Waals surface area (Å²) in [5.41, 5.74) is 1.07. The van der Waals surface area contributed by atoms with Gasteiger partial charge >= 0.3 is 6.03 Å². The van der Waals surface area contributed by atoms with E-state index in [9.17, 15) is 19.5 Å². The van der Waals surface area contributed by atoms with Crippen molar-refractivity contribution in [3.63, 3.8) is 0 Å². The predicted molar refractivity (Wildman–Crippen MR) is 131 cm³/mol. The number of amides is 4. The van der Waals surface area contributed by atoms with Crippen LogP contribution in [-0.2, 0) is 16.2 Å². The van der Waals surface area contributed by atoms with E-state index in [2.05, 4.69) is 5.32 Å². The molecular formula is C25H18Cl2N2O6. The second kappa shape index (κ2) is 10.1. The molecule has 3 aromatic rings. The van der Waals surface area contributed by atoms with Crippen molar-refractivity contribution < 1.29 is 29.0 Å². The lowest BCUT2D eigenvalue weighted by molar-refractivity contribution is -0.122. The molecule has 4 rings (SSSR count). The number of ether oxygens (including phenoxy) is 2. The average molecular weight is 513 g/mol. The molecule has 1 saturated heterocycles. The quantitative estimate of drug-likeness (QED) is 0.357. The number of phenols is 1. The van der Waals surface area contributed by atoms with E-state index in [0.29, 0.717) is 27.1 Å². The lowest BCUT2D eigenvalue weighted by Gasteiger charge is -2.26. The molecule has 4 amide bonds. The minimum absolute atomic E-state index is 0.0348. The summed E-state index contributed by atoms with van der Waals surface area (Å²) in [6.45, 7) is 0.124. The van der Waals surface area contributed by atoms with E-state index in [1.807, 2.05) is 0 Å². The smallest absolute Gasteiger partial charge is 0.335 e. The Morgan fingerprint density at radius 3 is 2.40 bits per heavy atom. The monoisotopic (exact) mass is 512 g/mol. The van der Waals surface area contributed by atoms with Gasteiger partial charge in [0.05, 0.1) is 22.8 Å². The number of imide groups is 2. The van der Waals surface area contributed by atoms with Crippen LogP contribution < -0.4 is 19.7 Å². The number of barbiturate groups is 1. The van der Waals surface area contributed by atoms with Crippen LogP contribution >= 0.6 is 23.2 Å². The molecule has 0 atom stereocenters. The largest absolute Gasteiger partial charge is 0.508 e. The number of aromatic hydroxyl groups is 1. The second-order valence-corrected chi connectivity index (χ2v) is 8.23. The molecule has 0 spiro atoms. The number of hydrogen-bond acceptors (Lipinski definition) is 6. The number of carbonyl (C=O) groups excluding carboxylic acids is 3. The van der Waals surface area contributed by atoms with Gasteiger partial charge in [-0.1, -0.05) is 29.3 Å². The maximum Gasteiger partial charge on any atom is 0.335 e. The highest BCUT2D eigenvalue weighted by Crippen LogP contribution is 2.30. The summed E-state index contributed by atoms with van der Waals surface area (Å²) >= 11 is 12.0. The summed E-state index contributed by atoms with van der Waals surface area (Å²) in [5.74, 6) is -0.877. The Kier molecular flexibility index (Phi) is 6.95. The van der Waals surface area contributed by atoms with Gasteiger partial charge in [-0.2, -0.15) is 0 Å². The zero-order chi connectivity index (χ0) is 25.1. The van der Waals surface area contributed by atoms with Crippen LogP contribution in [0.25, 0.3) is 6.08 Å². The molecule has 8 nitrogen and oxygen atoms in total. The van der Waals surface area contributed by atoms with Gasteiger partial charge in [-0.25, -0.2) is 9.69 Å². The maximum atomic E-state index is 13.1. The fourth-order valence-electron chi connectivity index (χ4n) is 3.33. The van der Waals surface area contributed by atoms with E-state index >= 15 is 0 Å². The molecule has 3 aromatic carbocycles. The third kappa shape index (κ3) is 5.24. The Labute approximate surface area is 210 Å².